The summed E-state index contributed by atoms with van der Waals surface area (Å²) in [5.74, 6) is 0. The van der Waals surface area contributed by atoms with Crippen LogP contribution in [0.1, 0.15) is 30.4 Å². The number of nitrogens with zero attached hydrogens (tertiary/aromatic N) is 1. The first-order valence-corrected chi connectivity index (χ1v) is 9.00. The quantitative estimate of drug-likeness (QED) is 0.587. The molecule has 0 amide bonds. The molecule has 0 aliphatic carbocycles. The maximum absolute atomic E-state index is 8.79. The Balaban J connectivity index is 1.79. The van der Waals surface area contributed by atoms with E-state index in [9.17, 15) is 0 Å². The van der Waals surface area contributed by atoms with E-state index in [-0.39, 0.29) is 0 Å². The highest BCUT2D eigenvalue weighted by atomic mass is 16.2. The van der Waals surface area contributed by atoms with E-state index in [1.54, 1.807) is 0 Å². The summed E-state index contributed by atoms with van der Waals surface area (Å²) in [5, 5.41) is 12.3. The second-order valence-corrected chi connectivity index (χ2v) is 6.22. The Bertz CT molecular complexity index is 489. The van der Waals surface area contributed by atoms with E-state index in [0.29, 0.717) is 6.61 Å². The number of hydrogen-bond donors (Lipinski definition) is 2. The minimum absolute atomic E-state index is 0.307. The first-order valence-electron chi connectivity index (χ1n) is 9.00. The van der Waals surface area contributed by atoms with Gasteiger partial charge in [0.25, 0.3) is 0 Å². The van der Waals surface area contributed by atoms with Gasteiger partial charge in [0.15, 0.2) is 0 Å². The van der Waals surface area contributed by atoms with Crippen LogP contribution < -0.4 is 5.32 Å². The van der Waals surface area contributed by atoms with E-state index < -0.39 is 0 Å². The highest BCUT2D eigenvalue weighted by Crippen LogP contribution is 2.09. The number of nitrogens with one attached hydrogen (secondary N) is 1. The zero-order valence-electron chi connectivity index (χ0n) is 14.5. The van der Waals surface area contributed by atoms with Crippen molar-refractivity contribution in [3.05, 3.63) is 71.8 Å². The minimum Gasteiger partial charge on any atom is -0.396 e. The van der Waals surface area contributed by atoms with Crippen LogP contribution in [0, 0.1) is 0 Å². The molecule has 24 heavy (non-hydrogen) atoms. The summed E-state index contributed by atoms with van der Waals surface area (Å²) in [5.41, 5.74) is 2.72. The number of unbranched alkanes of at least 4 members (excludes halogenated alkanes) is 2. The minimum atomic E-state index is 0.307. The zero-order chi connectivity index (χ0) is 16.9. The third kappa shape index (κ3) is 7.73. The Morgan fingerprint density at radius 2 is 1.29 bits per heavy atom. The zero-order valence-corrected chi connectivity index (χ0v) is 14.5. The van der Waals surface area contributed by atoms with Crippen LogP contribution in [0.2, 0.25) is 0 Å². The van der Waals surface area contributed by atoms with Crippen molar-refractivity contribution in [1.29, 1.82) is 0 Å². The fraction of sp³-hybridized carbons (Fsp3) is 0.429. The van der Waals surface area contributed by atoms with Gasteiger partial charge in [-0.15, -0.1) is 0 Å². The van der Waals surface area contributed by atoms with Crippen molar-refractivity contribution in [2.45, 2.75) is 32.4 Å². The largest absolute Gasteiger partial charge is 0.396 e. The molecule has 0 aliphatic heterocycles. The molecule has 2 N–H and O–H groups in total. The van der Waals surface area contributed by atoms with E-state index in [0.717, 1.165) is 52.0 Å². The predicted octanol–water partition coefficient (Wildman–Crippen LogP) is 3.44. The van der Waals surface area contributed by atoms with Crippen molar-refractivity contribution in [2.75, 3.05) is 26.2 Å². The molecule has 2 aromatic rings. The fourth-order valence-electron chi connectivity index (χ4n) is 2.80. The van der Waals surface area contributed by atoms with Gasteiger partial charge in [-0.3, -0.25) is 4.90 Å². The Hall–Kier alpha value is -1.68. The molecule has 2 rings (SSSR count). The molecule has 0 spiro atoms. The first kappa shape index (κ1) is 18.7. The molecule has 2 aromatic carbocycles. The summed E-state index contributed by atoms with van der Waals surface area (Å²) in [6.07, 6.45) is 3.15. The Kier molecular flexibility index (Phi) is 9.17. The summed E-state index contributed by atoms with van der Waals surface area (Å²) in [6.45, 7) is 5.32. The van der Waals surface area contributed by atoms with Crippen LogP contribution in [-0.2, 0) is 13.1 Å². The molecule has 0 saturated carbocycles. The van der Waals surface area contributed by atoms with E-state index in [2.05, 4.69) is 70.9 Å². The molecular formula is C21H30N2O. The lowest BCUT2D eigenvalue weighted by Gasteiger charge is -2.23. The molecule has 0 fully saturated rings. The molecule has 3 heteroatoms. The Morgan fingerprint density at radius 1 is 0.708 bits per heavy atom. The second-order valence-electron chi connectivity index (χ2n) is 6.22. The molecule has 0 radical (unpaired) electrons. The lowest BCUT2D eigenvalue weighted by atomic mass is 10.1. The van der Waals surface area contributed by atoms with E-state index in [1.807, 2.05) is 0 Å². The molecule has 0 heterocycles. The monoisotopic (exact) mass is 326 g/mol. The van der Waals surface area contributed by atoms with E-state index in [4.69, 9.17) is 5.11 Å². The summed E-state index contributed by atoms with van der Waals surface area (Å²) in [4.78, 5) is 2.49. The van der Waals surface area contributed by atoms with Gasteiger partial charge in [-0.05, 0) is 36.9 Å². The maximum atomic E-state index is 8.79. The standard InChI is InChI=1S/C21H30N2O/c24-17-9-3-8-14-22-15-16-23(18-20-10-4-1-5-11-20)19-21-12-6-2-7-13-21/h1-2,4-7,10-13,22,24H,3,8-9,14-19H2. The second kappa shape index (κ2) is 11.8. The summed E-state index contributed by atoms with van der Waals surface area (Å²) < 4.78 is 0. The van der Waals surface area contributed by atoms with Gasteiger partial charge in [-0.25, -0.2) is 0 Å². The molecule has 0 bridgehead atoms. The van der Waals surface area contributed by atoms with Gasteiger partial charge in [0.05, 0.1) is 0 Å². The molecule has 0 saturated heterocycles. The van der Waals surface area contributed by atoms with Crippen LogP contribution in [0.3, 0.4) is 0 Å². The Labute approximate surface area is 146 Å². The van der Waals surface area contributed by atoms with Gasteiger partial charge in [0, 0.05) is 32.8 Å². The maximum Gasteiger partial charge on any atom is 0.0431 e. The van der Waals surface area contributed by atoms with Gasteiger partial charge in [0.1, 0.15) is 0 Å². The van der Waals surface area contributed by atoms with Gasteiger partial charge < -0.3 is 10.4 Å². The smallest absolute Gasteiger partial charge is 0.0431 e. The van der Waals surface area contributed by atoms with Crippen LogP contribution in [0.5, 0.6) is 0 Å². The number of aliphatic hydroxyl groups excluding tert-OH is 1. The average molecular weight is 326 g/mol. The number of rotatable bonds is 12. The molecule has 130 valence electrons. The highest BCUT2D eigenvalue weighted by Gasteiger charge is 2.06. The van der Waals surface area contributed by atoms with Crippen molar-refractivity contribution < 1.29 is 5.11 Å². The van der Waals surface area contributed by atoms with Crippen LogP contribution in [-0.4, -0.2) is 36.2 Å². The van der Waals surface area contributed by atoms with Crippen molar-refractivity contribution in [3.63, 3.8) is 0 Å². The van der Waals surface area contributed by atoms with Crippen molar-refractivity contribution in [1.82, 2.24) is 10.2 Å². The van der Waals surface area contributed by atoms with Crippen LogP contribution in [0.15, 0.2) is 60.7 Å². The van der Waals surface area contributed by atoms with Crippen LogP contribution in [0.4, 0.5) is 0 Å². The van der Waals surface area contributed by atoms with E-state index >= 15 is 0 Å². The summed E-state index contributed by atoms with van der Waals surface area (Å²) >= 11 is 0. The number of benzene rings is 2. The number of hydrogen-bond acceptors (Lipinski definition) is 3. The van der Waals surface area contributed by atoms with Crippen molar-refractivity contribution in [2.24, 2.45) is 0 Å². The first-order chi connectivity index (χ1) is 11.9. The molecule has 0 unspecified atom stereocenters. The fourth-order valence-corrected chi connectivity index (χ4v) is 2.80. The molecule has 0 aliphatic rings. The SMILES string of the molecule is OCCCCCNCCN(Cc1ccccc1)Cc1ccccc1. The molecular weight excluding hydrogens is 296 g/mol. The predicted molar refractivity (Wildman–Crippen MR) is 101 cm³/mol. The van der Waals surface area contributed by atoms with Crippen LogP contribution >= 0.6 is 0 Å². The van der Waals surface area contributed by atoms with Crippen LogP contribution in [0.25, 0.3) is 0 Å². The molecule has 3 nitrogen and oxygen atoms in total. The van der Waals surface area contributed by atoms with E-state index in [1.165, 1.54) is 11.1 Å². The van der Waals surface area contributed by atoms with Gasteiger partial charge in [0.2, 0.25) is 0 Å². The molecule has 0 atom stereocenters. The van der Waals surface area contributed by atoms with Crippen molar-refractivity contribution >= 4 is 0 Å². The van der Waals surface area contributed by atoms with Gasteiger partial charge in [-0.2, -0.15) is 0 Å². The summed E-state index contributed by atoms with van der Waals surface area (Å²) in [6, 6.07) is 21.3. The normalized spacial score (nSPS) is 11.1. The lowest BCUT2D eigenvalue weighted by Crippen LogP contribution is -2.32. The average Bonchev–Trinajstić information content (AvgIpc) is 2.62. The van der Waals surface area contributed by atoms with Gasteiger partial charge in [-0.1, -0.05) is 60.7 Å². The number of aliphatic hydroxyl groups is 1. The highest BCUT2D eigenvalue weighted by molar-refractivity contribution is 5.17. The third-order valence-electron chi connectivity index (χ3n) is 4.11. The lowest BCUT2D eigenvalue weighted by molar-refractivity contribution is 0.255. The summed E-state index contributed by atoms with van der Waals surface area (Å²) in [7, 11) is 0. The topological polar surface area (TPSA) is 35.5 Å². The Morgan fingerprint density at radius 3 is 1.83 bits per heavy atom. The van der Waals surface area contributed by atoms with Gasteiger partial charge >= 0.3 is 0 Å². The third-order valence-corrected chi connectivity index (χ3v) is 4.11. The van der Waals surface area contributed by atoms with Crippen molar-refractivity contribution in [3.8, 4) is 0 Å². The molecule has 0 aromatic heterocycles.